The van der Waals surface area contributed by atoms with Crippen LogP contribution in [0.4, 0.5) is 0 Å². The van der Waals surface area contributed by atoms with E-state index in [9.17, 15) is 9.59 Å². The monoisotopic (exact) mass is 295 g/mol. The van der Waals surface area contributed by atoms with Gasteiger partial charge < -0.3 is 10.4 Å². The molecule has 0 amide bonds. The summed E-state index contributed by atoms with van der Waals surface area (Å²) in [4.78, 5) is 22.9. The zero-order valence-corrected chi connectivity index (χ0v) is 12.0. The Kier molecular flexibility index (Phi) is 5.49. The molecule has 0 atom stereocenters. The third-order valence-corrected chi connectivity index (χ3v) is 3.07. The van der Waals surface area contributed by atoms with Gasteiger partial charge in [0.25, 0.3) is 0 Å². The molecule has 0 saturated carbocycles. The van der Waals surface area contributed by atoms with Gasteiger partial charge in [-0.05, 0) is 5.56 Å². The highest BCUT2D eigenvalue weighted by molar-refractivity contribution is 6.08. The van der Waals surface area contributed by atoms with Crippen molar-refractivity contribution in [3.8, 4) is 0 Å². The highest BCUT2D eigenvalue weighted by atomic mass is 16.4. The number of carbonyl (C=O) groups is 2. The number of rotatable bonds is 7. The highest BCUT2D eigenvalue weighted by Crippen LogP contribution is 2.13. The number of hydrogen-bond acceptors (Lipinski definition) is 3. The largest absolute Gasteiger partial charge is 0.481 e. The summed E-state index contributed by atoms with van der Waals surface area (Å²) in [7, 11) is 0. The van der Waals surface area contributed by atoms with Crippen LogP contribution in [0.15, 0.2) is 66.7 Å². The van der Waals surface area contributed by atoms with Crippen LogP contribution in [0.5, 0.6) is 0 Å². The molecule has 0 heterocycles. The van der Waals surface area contributed by atoms with E-state index in [2.05, 4.69) is 5.32 Å². The molecule has 2 N–H and O–H groups in total. The Bertz CT molecular complexity index is 663. The van der Waals surface area contributed by atoms with Gasteiger partial charge in [0.1, 0.15) is 0 Å². The molecule has 4 heteroatoms. The first-order chi connectivity index (χ1) is 10.7. The minimum absolute atomic E-state index is 0.0102. The van der Waals surface area contributed by atoms with Crippen molar-refractivity contribution in [1.82, 2.24) is 5.32 Å². The Balaban J connectivity index is 2.21. The lowest BCUT2D eigenvalue weighted by atomic mass is 10.1. The molecule has 22 heavy (non-hydrogen) atoms. The molecule has 0 unspecified atom stereocenters. The van der Waals surface area contributed by atoms with E-state index in [1.807, 2.05) is 36.4 Å². The van der Waals surface area contributed by atoms with E-state index in [1.165, 1.54) is 6.08 Å². The normalized spacial score (nSPS) is 11.0. The van der Waals surface area contributed by atoms with Crippen molar-refractivity contribution in [2.45, 2.75) is 6.42 Å². The second-order valence-electron chi connectivity index (χ2n) is 4.72. The van der Waals surface area contributed by atoms with Gasteiger partial charge in [-0.3, -0.25) is 9.59 Å². The van der Waals surface area contributed by atoms with Gasteiger partial charge in [0.15, 0.2) is 5.78 Å². The number of carboxylic acid groups (broad SMARTS) is 1. The van der Waals surface area contributed by atoms with Crippen molar-refractivity contribution in [2.75, 3.05) is 6.54 Å². The number of nitrogens with one attached hydrogen (secondary N) is 1. The van der Waals surface area contributed by atoms with Crippen LogP contribution in [0, 0.1) is 0 Å². The number of ketones is 1. The first kappa shape index (κ1) is 15.5. The third kappa shape index (κ3) is 4.59. The predicted octanol–water partition coefficient (Wildman–Crippen LogP) is 2.97. The van der Waals surface area contributed by atoms with Gasteiger partial charge in [-0.15, -0.1) is 0 Å². The third-order valence-electron chi connectivity index (χ3n) is 3.07. The Hall–Kier alpha value is -2.88. The van der Waals surface area contributed by atoms with Gasteiger partial charge in [0, 0.05) is 23.9 Å². The van der Waals surface area contributed by atoms with Crippen molar-refractivity contribution in [2.24, 2.45) is 0 Å². The van der Waals surface area contributed by atoms with Gasteiger partial charge in [0.2, 0.25) is 0 Å². The first-order valence-corrected chi connectivity index (χ1v) is 6.99. The fourth-order valence-corrected chi connectivity index (χ4v) is 1.98. The minimum atomic E-state index is -0.880. The maximum absolute atomic E-state index is 12.3. The van der Waals surface area contributed by atoms with Crippen molar-refractivity contribution in [3.05, 3.63) is 77.9 Å². The number of carboxylic acids is 1. The molecule has 4 nitrogen and oxygen atoms in total. The molecule has 112 valence electrons. The quantitative estimate of drug-likeness (QED) is 0.609. The summed E-state index contributed by atoms with van der Waals surface area (Å²) in [5, 5.41) is 11.8. The average Bonchev–Trinajstić information content (AvgIpc) is 2.55. The lowest BCUT2D eigenvalue weighted by Crippen LogP contribution is -2.18. The van der Waals surface area contributed by atoms with E-state index < -0.39 is 5.97 Å². The van der Waals surface area contributed by atoms with Crippen LogP contribution in [0.3, 0.4) is 0 Å². The van der Waals surface area contributed by atoms with Crippen LogP contribution in [0.25, 0.3) is 5.70 Å². The van der Waals surface area contributed by atoms with E-state index >= 15 is 0 Å². The molecule has 2 rings (SSSR count). The molecule has 0 spiro atoms. The van der Waals surface area contributed by atoms with Crippen molar-refractivity contribution in [3.63, 3.8) is 0 Å². The van der Waals surface area contributed by atoms with Crippen LogP contribution in [-0.4, -0.2) is 23.4 Å². The van der Waals surface area contributed by atoms with Crippen molar-refractivity contribution >= 4 is 17.4 Å². The predicted molar refractivity (Wildman–Crippen MR) is 85.4 cm³/mol. The summed E-state index contributed by atoms with van der Waals surface area (Å²) in [6.45, 7) is 0.262. The lowest BCUT2D eigenvalue weighted by Gasteiger charge is -2.10. The van der Waals surface area contributed by atoms with Crippen LogP contribution in [0.1, 0.15) is 22.3 Å². The molecule has 2 aromatic rings. The van der Waals surface area contributed by atoms with Crippen LogP contribution in [-0.2, 0) is 4.79 Å². The van der Waals surface area contributed by atoms with Gasteiger partial charge in [-0.2, -0.15) is 0 Å². The van der Waals surface area contributed by atoms with Gasteiger partial charge in [-0.1, -0.05) is 60.7 Å². The average molecular weight is 295 g/mol. The van der Waals surface area contributed by atoms with E-state index in [4.69, 9.17) is 5.11 Å². The molecule has 0 aliphatic heterocycles. The summed E-state index contributed by atoms with van der Waals surface area (Å²) >= 11 is 0. The fraction of sp³-hybridized carbons (Fsp3) is 0.111. The smallest absolute Gasteiger partial charge is 0.305 e. The van der Waals surface area contributed by atoms with Crippen LogP contribution >= 0.6 is 0 Å². The van der Waals surface area contributed by atoms with Crippen LogP contribution < -0.4 is 5.32 Å². The fourth-order valence-electron chi connectivity index (χ4n) is 1.98. The maximum atomic E-state index is 12.3. The van der Waals surface area contributed by atoms with Gasteiger partial charge in [0.05, 0.1) is 6.42 Å². The number of hydrogen-bond donors (Lipinski definition) is 2. The number of benzene rings is 2. The Morgan fingerprint density at radius 2 is 1.45 bits per heavy atom. The van der Waals surface area contributed by atoms with Crippen LogP contribution in [0.2, 0.25) is 0 Å². The van der Waals surface area contributed by atoms with E-state index in [-0.39, 0.29) is 18.7 Å². The molecular formula is C18H17NO3. The van der Waals surface area contributed by atoms with E-state index in [1.54, 1.807) is 24.3 Å². The Morgan fingerprint density at radius 3 is 2.00 bits per heavy atom. The number of aliphatic carboxylic acids is 1. The standard InChI is InChI=1S/C18H17NO3/c20-17(15-9-5-2-6-10-15)13-16(19-12-11-18(21)22)14-7-3-1-4-8-14/h1-10,13,19H,11-12H2,(H,21,22)/b16-13-. The zero-order chi connectivity index (χ0) is 15.8. The molecule has 0 aliphatic rings. The molecular weight excluding hydrogens is 278 g/mol. The SMILES string of the molecule is O=C(O)CCN/C(=C\C(=O)c1ccccc1)c1ccccc1. The summed E-state index contributed by atoms with van der Waals surface area (Å²) in [5.74, 6) is -1.00. The Labute approximate surface area is 129 Å². The number of allylic oxidation sites excluding steroid dienone is 1. The maximum Gasteiger partial charge on any atom is 0.305 e. The zero-order valence-electron chi connectivity index (χ0n) is 12.0. The minimum Gasteiger partial charge on any atom is -0.481 e. The molecule has 0 saturated heterocycles. The first-order valence-electron chi connectivity index (χ1n) is 6.99. The summed E-state index contributed by atoms with van der Waals surface area (Å²) in [6.07, 6.45) is 1.50. The van der Waals surface area contributed by atoms with E-state index in [0.29, 0.717) is 11.3 Å². The summed E-state index contributed by atoms with van der Waals surface area (Å²) < 4.78 is 0. The lowest BCUT2D eigenvalue weighted by molar-refractivity contribution is -0.136. The molecule has 0 bridgehead atoms. The second-order valence-corrected chi connectivity index (χ2v) is 4.72. The van der Waals surface area contributed by atoms with Crippen molar-refractivity contribution < 1.29 is 14.7 Å². The van der Waals surface area contributed by atoms with Crippen molar-refractivity contribution in [1.29, 1.82) is 0 Å². The topological polar surface area (TPSA) is 66.4 Å². The van der Waals surface area contributed by atoms with Gasteiger partial charge >= 0.3 is 5.97 Å². The second kappa shape index (κ2) is 7.78. The highest BCUT2D eigenvalue weighted by Gasteiger charge is 2.07. The summed E-state index contributed by atoms with van der Waals surface area (Å²) in [5.41, 5.74) is 2.06. The summed E-state index contributed by atoms with van der Waals surface area (Å²) in [6, 6.07) is 18.3. The van der Waals surface area contributed by atoms with E-state index in [0.717, 1.165) is 5.56 Å². The molecule has 0 aromatic heterocycles. The molecule has 0 fully saturated rings. The molecule has 2 aromatic carbocycles. The molecule has 0 radical (unpaired) electrons. The Morgan fingerprint density at radius 1 is 0.909 bits per heavy atom. The van der Waals surface area contributed by atoms with Gasteiger partial charge in [-0.25, -0.2) is 0 Å². The molecule has 0 aliphatic carbocycles. The number of carbonyl (C=O) groups excluding carboxylic acids is 1.